The lowest BCUT2D eigenvalue weighted by atomic mass is 9.59. The van der Waals surface area contributed by atoms with Crippen LogP contribution in [0.3, 0.4) is 0 Å². The van der Waals surface area contributed by atoms with Crippen molar-refractivity contribution in [2.45, 2.75) is 64.1 Å². The van der Waals surface area contributed by atoms with Crippen LogP contribution < -0.4 is 9.64 Å². The van der Waals surface area contributed by atoms with E-state index in [1.807, 2.05) is 48.7 Å². The zero-order valence-electron chi connectivity index (χ0n) is 29.0. The van der Waals surface area contributed by atoms with Crippen LogP contribution in [0.5, 0.6) is 11.5 Å². The van der Waals surface area contributed by atoms with Gasteiger partial charge >= 0.3 is 0 Å². The number of carbonyl (C=O) groups excluding carboxylic acids is 1. The van der Waals surface area contributed by atoms with Crippen LogP contribution in [0, 0.1) is 11.2 Å². The minimum Gasteiger partial charge on any atom is -0.455 e. The van der Waals surface area contributed by atoms with E-state index in [-0.39, 0.29) is 5.82 Å². The van der Waals surface area contributed by atoms with Gasteiger partial charge in [-0.1, -0.05) is 50.2 Å². The van der Waals surface area contributed by atoms with E-state index in [0.29, 0.717) is 40.5 Å². The summed E-state index contributed by atoms with van der Waals surface area (Å²) in [4.78, 5) is 27.2. The highest BCUT2D eigenvalue weighted by Crippen LogP contribution is 2.53. The second kappa shape index (κ2) is 13.6. The van der Waals surface area contributed by atoms with Gasteiger partial charge in [0, 0.05) is 74.7 Å². The number of aromatic amines is 1. The van der Waals surface area contributed by atoms with Crippen molar-refractivity contribution >= 4 is 23.0 Å². The molecule has 1 unspecified atom stereocenters. The van der Waals surface area contributed by atoms with Crippen LogP contribution in [-0.4, -0.2) is 64.8 Å². The fourth-order valence-electron chi connectivity index (χ4n) is 8.77. The number of nitrogens with one attached hydrogen (secondary N) is 1. The monoisotopic (exact) mass is 671 g/mol. The number of ether oxygens (including phenoxy) is 1. The average molecular weight is 672 g/mol. The first-order valence-electron chi connectivity index (χ1n) is 18.1. The van der Waals surface area contributed by atoms with E-state index in [9.17, 15) is 9.18 Å². The highest BCUT2D eigenvalue weighted by molar-refractivity contribution is 5.81. The number of anilines is 1. The number of hydrogen-bond donors (Lipinski definition) is 1. The lowest BCUT2D eigenvalue weighted by Crippen LogP contribution is -2.60. The van der Waals surface area contributed by atoms with Crippen molar-refractivity contribution < 1.29 is 13.9 Å². The number of pyridine rings is 1. The summed E-state index contributed by atoms with van der Waals surface area (Å²) in [6, 6.07) is 26.8. The number of aldehydes is 1. The molecule has 3 fully saturated rings. The third kappa shape index (κ3) is 6.54. The quantitative estimate of drug-likeness (QED) is 0.158. The number of piperazine rings is 1. The van der Waals surface area contributed by atoms with E-state index in [1.165, 1.54) is 30.0 Å². The molecular formula is C42H46FN5O2. The largest absolute Gasteiger partial charge is 0.455 e. The van der Waals surface area contributed by atoms with Crippen LogP contribution in [0.2, 0.25) is 0 Å². The van der Waals surface area contributed by atoms with Crippen LogP contribution in [0.1, 0.15) is 78.5 Å². The maximum absolute atomic E-state index is 14.0. The smallest absolute Gasteiger partial charge is 0.153 e. The van der Waals surface area contributed by atoms with Gasteiger partial charge in [0.2, 0.25) is 0 Å². The number of nitrogens with zero attached hydrogens (tertiary/aromatic N) is 4. The van der Waals surface area contributed by atoms with Crippen molar-refractivity contribution in [3.63, 3.8) is 0 Å². The van der Waals surface area contributed by atoms with Gasteiger partial charge in [0.15, 0.2) is 6.29 Å². The third-order valence-electron chi connectivity index (χ3n) is 11.5. The van der Waals surface area contributed by atoms with Crippen molar-refractivity contribution in [2.75, 3.05) is 37.6 Å². The molecule has 0 bridgehead atoms. The molecule has 7 nitrogen and oxygen atoms in total. The third-order valence-corrected chi connectivity index (χ3v) is 11.5. The molecule has 2 aromatic heterocycles. The molecule has 1 atom stereocenters. The summed E-state index contributed by atoms with van der Waals surface area (Å²) >= 11 is 0. The summed E-state index contributed by atoms with van der Waals surface area (Å²) in [5.74, 6) is 1.46. The molecule has 5 aromatic rings. The number of benzene rings is 3. The Labute approximate surface area is 294 Å². The van der Waals surface area contributed by atoms with Crippen LogP contribution in [-0.2, 0) is 6.54 Å². The van der Waals surface area contributed by atoms with Gasteiger partial charge in [-0.3, -0.25) is 14.6 Å². The lowest BCUT2D eigenvalue weighted by Gasteiger charge is -2.58. The molecule has 2 saturated heterocycles. The summed E-state index contributed by atoms with van der Waals surface area (Å²) in [7, 11) is 0. The minimum absolute atomic E-state index is 0.163. The fraction of sp³-hybridized carbons (Fsp3) is 0.381. The normalized spacial score (nSPS) is 20.0. The van der Waals surface area contributed by atoms with Crippen LogP contribution in [0.4, 0.5) is 10.1 Å². The second-order valence-corrected chi connectivity index (χ2v) is 15.0. The van der Waals surface area contributed by atoms with Gasteiger partial charge in [-0.05, 0) is 90.1 Å². The Hall–Kier alpha value is -4.53. The Morgan fingerprint density at radius 1 is 0.980 bits per heavy atom. The van der Waals surface area contributed by atoms with E-state index < -0.39 is 0 Å². The maximum Gasteiger partial charge on any atom is 0.153 e. The SMILES string of the molecule is CC(C)c1ccccc1C1CN(Cc2cccc(F)c2)CCN1C1CC2(CCN(c3ccc(C=O)c(Oc4cnc5[nH]ccc5c4)c3)CC2)C1. The molecule has 50 heavy (non-hydrogen) atoms. The Bertz CT molecular complexity index is 1970. The van der Waals surface area contributed by atoms with E-state index in [1.54, 1.807) is 12.3 Å². The molecule has 1 N–H and O–H groups in total. The molecule has 4 heterocycles. The predicted octanol–water partition coefficient (Wildman–Crippen LogP) is 8.74. The van der Waals surface area contributed by atoms with E-state index in [0.717, 1.165) is 80.7 Å². The zero-order valence-corrected chi connectivity index (χ0v) is 29.0. The number of H-pyrrole nitrogens is 1. The number of fused-ring (bicyclic) bond motifs is 1. The molecule has 8 heteroatoms. The molecule has 1 saturated carbocycles. The topological polar surface area (TPSA) is 64.7 Å². The number of aromatic nitrogens is 2. The Morgan fingerprint density at radius 3 is 2.62 bits per heavy atom. The fourth-order valence-corrected chi connectivity index (χ4v) is 8.77. The predicted molar refractivity (Wildman–Crippen MR) is 197 cm³/mol. The Balaban J connectivity index is 0.943. The standard InChI is InChI=1S/C42H46FN5O2/c1-29(2)37-8-3-4-9-38(37)39-27-46(26-30-6-5-7-33(43)20-30)18-19-48(39)35-23-42(24-35)13-16-47(17-14-42)34-11-10-32(28-49)40(22-34)50-36-21-31-12-15-44-41(31)45-25-36/h3-12,15,20-22,25,28-29,35,39H,13-14,16-19,23-24,26-27H2,1-2H3,(H,44,45). The number of piperidine rings is 1. The average Bonchev–Trinajstić information content (AvgIpc) is 3.59. The van der Waals surface area contributed by atoms with Gasteiger partial charge in [-0.2, -0.15) is 0 Å². The second-order valence-electron chi connectivity index (χ2n) is 15.0. The van der Waals surface area contributed by atoms with Crippen molar-refractivity contribution in [1.82, 2.24) is 19.8 Å². The lowest BCUT2D eigenvalue weighted by molar-refractivity contribution is -0.0628. The molecule has 3 aliphatic rings. The molecule has 1 aliphatic carbocycles. The van der Waals surface area contributed by atoms with Crippen LogP contribution in [0.25, 0.3) is 11.0 Å². The molecule has 3 aromatic carbocycles. The highest BCUT2D eigenvalue weighted by atomic mass is 19.1. The zero-order chi connectivity index (χ0) is 34.2. The van der Waals surface area contributed by atoms with E-state index >= 15 is 0 Å². The summed E-state index contributed by atoms with van der Waals surface area (Å²) in [5.41, 5.74) is 6.72. The van der Waals surface area contributed by atoms with E-state index in [4.69, 9.17) is 4.74 Å². The van der Waals surface area contributed by atoms with Crippen LogP contribution in [0.15, 0.2) is 91.3 Å². The summed E-state index contributed by atoms with van der Waals surface area (Å²) in [6.45, 7) is 10.3. The minimum atomic E-state index is -0.163. The molecule has 0 radical (unpaired) electrons. The molecule has 2 aliphatic heterocycles. The number of halogens is 1. The summed E-state index contributed by atoms with van der Waals surface area (Å²) in [6.07, 6.45) is 9.19. The summed E-state index contributed by atoms with van der Waals surface area (Å²) in [5, 5.41) is 0.965. The Kier molecular flexibility index (Phi) is 8.91. The van der Waals surface area contributed by atoms with Gasteiger partial charge < -0.3 is 14.6 Å². The van der Waals surface area contributed by atoms with Gasteiger partial charge in [-0.15, -0.1) is 0 Å². The van der Waals surface area contributed by atoms with Crippen LogP contribution >= 0.6 is 0 Å². The molecule has 0 amide bonds. The molecule has 1 spiro atoms. The van der Waals surface area contributed by atoms with Gasteiger partial charge in [0.05, 0.1) is 11.8 Å². The molecular weight excluding hydrogens is 625 g/mol. The van der Waals surface area contributed by atoms with Crippen molar-refractivity contribution in [1.29, 1.82) is 0 Å². The molecule has 8 rings (SSSR count). The van der Waals surface area contributed by atoms with Crippen molar-refractivity contribution in [2.24, 2.45) is 5.41 Å². The summed E-state index contributed by atoms with van der Waals surface area (Å²) < 4.78 is 20.3. The maximum atomic E-state index is 14.0. The van der Waals surface area contributed by atoms with Crippen molar-refractivity contribution in [3.05, 3.63) is 119 Å². The highest BCUT2D eigenvalue weighted by Gasteiger charge is 2.50. The first kappa shape index (κ1) is 32.7. The molecule has 258 valence electrons. The number of rotatable bonds is 9. The first-order chi connectivity index (χ1) is 24.4. The van der Waals surface area contributed by atoms with Gasteiger partial charge in [-0.25, -0.2) is 9.37 Å². The Morgan fingerprint density at radius 2 is 1.82 bits per heavy atom. The number of carbonyl (C=O) groups is 1. The van der Waals surface area contributed by atoms with Gasteiger partial charge in [0.1, 0.15) is 23.0 Å². The first-order valence-corrected chi connectivity index (χ1v) is 18.1. The van der Waals surface area contributed by atoms with E-state index in [2.05, 4.69) is 62.8 Å². The van der Waals surface area contributed by atoms with Gasteiger partial charge in [0.25, 0.3) is 0 Å². The number of hydrogen-bond acceptors (Lipinski definition) is 6. The van der Waals surface area contributed by atoms with Crippen molar-refractivity contribution in [3.8, 4) is 11.5 Å².